The number of carbonyl (C=O) groups is 1. The van der Waals surface area contributed by atoms with Crippen LogP contribution in [0.1, 0.15) is 5.56 Å². The van der Waals surface area contributed by atoms with Crippen molar-refractivity contribution in [2.24, 2.45) is 5.73 Å². The first-order chi connectivity index (χ1) is 12.5. The number of hydrogen-bond donors (Lipinski definition) is 3. The summed E-state index contributed by atoms with van der Waals surface area (Å²) in [7, 11) is 0. The van der Waals surface area contributed by atoms with E-state index < -0.39 is 17.1 Å². The largest absolute Gasteiger partial charge is 0.491 e. The van der Waals surface area contributed by atoms with Crippen molar-refractivity contribution in [3.8, 4) is 5.75 Å². The third-order valence-corrected chi connectivity index (χ3v) is 3.64. The molecular weight excluding hydrogens is 338 g/mol. The lowest BCUT2D eigenvalue weighted by Gasteiger charge is -2.16. The molecule has 0 radical (unpaired) electrons. The van der Waals surface area contributed by atoms with Crippen LogP contribution < -0.4 is 15.8 Å². The number of aliphatic hydroxyl groups excluding tert-OH is 1. The van der Waals surface area contributed by atoms with Gasteiger partial charge in [-0.05, 0) is 24.1 Å². The number of non-ortho nitro benzene ring substituents is 1. The number of nitrogens with two attached hydrogens (primary N) is 1. The molecule has 0 aromatic heterocycles. The van der Waals surface area contributed by atoms with Gasteiger partial charge in [-0.2, -0.15) is 0 Å². The summed E-state index contributed by atoms with van der Waals surface area (Å²) >= 11 is 0. The first-order valence-corrected chi connectivity index (χ1v) is 8.08. The summed E-state index contributed by atoms with van der Waals surface area (Å²) in [5, 5.41) is 23.0. The first kappa shape index (κ1) is 19.4. The fraction of sp³-hybridized carbons (Fsp3) is 0.278. The quantitative estimate of drug-likeness (QED) is 0.453. The summed E-state index contributed by atoms with van der Waals surface area (Å²) in [6, 6.07) is 14.2. The van der Waals surface area contributed by atoms with Crippen LogP contribution in [-0.4, -0.2) is 41.2 Å². The normalized spacial score (nSPS) is 12.8. The molecule has 0 fully saturated rings. The maximum Gasteiger partial charge on any atom is 0.269 e. The summed E-state index contributed by atoms with van der Waals surface area (Å²) in [4.78, 5) is 22.0. The molecule has 8 heteroatoms. The lowest BCUT2D eigenvalue weighted by molar-refractivity contribution is -0.384. The monoisotopic (exact) mass is 359 g/mol. The summed E-state index contributed by atoms with van der Waals surface area (Å²) in [6.45, 7) is -0.0691. The molecule has 0 aliphatic rings. The second-order valence-electron chi connectivity index (χ2n) is 5.76. The Hall–Kier alpha value is -2.97. The molecule has 1 amide bonds. The van der Waals surface area contributed by atoms with Gasteiger partial charge in [-0.3, -0.25) is 14.9 Å². The van der Waals surface area contributed by atoms with Crippen molar-refractivity contribution >= 4 is 11.6 Å². The van der Waals surface area contributed by atoms with E-state index in [1.165, 1.54) is 24.3 Å². The highest BCUT2D eigenvalue weighted by Gasteiger charge is 2.15. The Morgan fingerprint density at radius 3 is 2.46 bits per heavy atom. The number of nitro groups is 1. The van der Waals surface area contributed by atoms with Gasteiger partial charge in [0.05, 0.1) is 11.0 Å². The Morgan fingerprint density at radius 2 is 1.85 bits per heavy atom. The van der Waals surface area contributed by atoms with Crippen LogP contribution in [0, 0.1) is 10.1 Å². The van der Waals surface area contributed by atoms with Crippen molar-refractivity contribution in [1.29, 1.82) is 0 Å². The molecule has 4 N–H and O–H groups in total. The maximum atomic E-state index is 12.0. The zero-order chi connectivity index (χ0) is 18.9. The number of nitrogens with one attached hydrogen (secondary N) is 1. The van der Waals surface area contributed by atoms with Crippen LogP contribution in [0.15, 0.2) is 54.6 Å². The van der Waals surface area contributed by atoms with Crippen LogP contribution in [0.3, 0.4) is 0 Å². The molecule has 0 saturated heterocycles. The maximum absolute atomic E-state index is 12.0. The fourth-order valence-electron chi connectivity index (χ4n) is 2.23. The summed E-state index contributed by atoms with van der Waals surface area (Å²) in [5.41, 5.74) is 6.77. The summed E-state index contributed by atoms with van der Waals surface area (Å²) < 4.78 is 5.34. The number of aliphatic hydroxyl groups is 1. The van der Waals surface area contributed by atoms with Crippen molar-refractivity contribution in [3.63, 3.8) is 0 Å². The van der Waals surface area contributed by atoms with E-state index in [0.29, 0.717) is 12.2 Å². The van der Waals surface area contributed by atoms with Gasteiger partial charge in [0, 0.05) is 18.7 Å². The van der Waals surface area contributed by atoms with Gasteiger partial charge in [-0.25, -0.2) is 0 Å². The molecule has 2 rings (SSSR count). The smallest absolute Gasteiger partial charge is 0.269 e. The van der Waals surface area contributed by atoms with Crippen LogP contribution in [-0.2, 0) is 11.2 Å². The zero-order valence-electron chi connectivity index (χ0n) is 14.1. The van der Waals surface area contributed by atoms with Crippen molar-refractivity contribution in [1.82, 2.24) is 5.32 Å². The molecule has 8 nitrogen and oxygen atoms in total. The van der Waals surface area contributed by atoms with E-state index in [0.717, 1.165) is 5.56 Å². The van der Waals surface area contributed by atoms with Gasteiger partial charge in [-0.1, -0.05) is 30.3 Å². The minimum Gasteiger partial charge on any atom is -0.491 e. The number of carbonyl (C=O) groups excluding carboxylic acids is 1. The van der Waals surface area contributed by atoms with E-state index >= 15 is 0 Å². The van der Waals surface area contributed by atoms with E-state index in [4.69, 9.17) is 10.5 Å². The highest BCUT2D eigenvalue weighted by atomic mass is 16.6. The molecule has 2 unspecified atom stereocenters. The van der Waals surface area contributed by atoms with E-state index in [-0.39, 0.29) is 24.7 Å². The zero-order valence-corrected chi connectivity index (χ0v) is 14.1. The molecule has 0 saturated carbocycles. The highest BCUT2D eigenvalue weighted by molar-refractivity contribution is 5.81. The first-order valence-electron chi connectivity index (χ1n) is 8.08. The van der Waals surface area contributed by atoms with Gasteiger partial charge >= 0.3 is 0 Å². The molecule has 0 aliphatic heterocycles. The Kier molecular flexibility index (Phi) is 7.07. The lowest BCUT2D eigenvalue weighted by atomic mass is 10.1. The van der Waals surface area contributed by atoms with Gasteiger partial charge in [-0.15, -0.1) is 0 Å². The number of hydrogen-bond acceptors (Lipinski definition) is 6. The van der Waals surface area contributed by atoms with Crippen LogP contribution in [0.5, 0.6) is 5.75 Å². The molecule has 26 heavy (non-hydrogen) atoms. The lowest BCUT2D eigenvalue weighted by Crippen LogP contribution is -2.45. The van der Waals surface area contributed by atoms with E-state index in [1.54, 1.807) is 0 Å². The average Bonchev–Trinajstić information content (AvgIpc) is 2.65. The molecule has 0 aliphatic carbocycles. The van der Waals surface area contributed by atoms with Crippen LogP contribution in [0.2, 0.25) is 0 Å². The number of rotatable bonds is 9. The standard InChI is InChI=1S/C18H21N3O5/c19-17(10-13-4-2-1-3-5-13)18(23)20-11-15(22)12-26-16-8-6-14(7-9-16)21(24)25/h1-9,15,17,22H,10-12,19H2,(H,20,23). The second-order valence-corrected chi connectivity index (χ2v) is 5.76. The van der Waals surface area contributed by atoms with Gasteiger partial charge in [0.15, 0.2) is 0 Å². The number of benzene rings is 2. The van der Waals surface area contributed by atoms with Crippen molar-refractivity contribution in [3.05, 3.63) is 70.3 Å². The molecule has 2 atom stereocenters. The third-order valence-electron chi connectivity index (χ3n) is 3.64. The van der Waals surface area contributed by atoms with E-state index in [1.807, 2.05) is 30.3 Å². The molecule has 0 heterocycles. The molecule has 138 valence electrons. The number of amides is 1. The minimum absolute atomic E-state index is 0.00565. The number of ether oxygens (including phenoxy) is 1. The Balaban J connectivity index is 1.71. The van der Waals surface area contributed by atoms with Gasteiger partial charge < -0.3 is 20.9 Å². The van der Waals surface area contributed by atoms with E-state index in [2.05, 4.69) is 5.32 Å². The van der Waals surface area contributed by atoms with Crippen LogP contribution in [0.4, 0.5) is 5.69 Å². The molecule has 2 aromatic carbocycles. The highest BCUT2D eigenvalue weighted by Crippen LogP contribution is 2.17. The summed E-state index contributed by atoms with van der Waals surface area (Å²) in [6.07, 6.45) is -0.528. The Bertz CT molecular complexity index is 721. The minimum atomic E-state index is -0.932. The van der Waals surface area contributed by atoms with Crippen LogP contribution in [0.25, 0.3) is 0 Å². The SMILES string of the molecule is NC(Cc1ccccc1)C(=O)NCC(O)COc1ccc([N+](=O)[O-])cc1. The molecule has 0 spiro atoms. The third kappa shape index (κ3) is 6.15. The Morgan fingerprint density at radius 1 is 1.19 bits per heavy atom. The topological polar surface area (TPSA) is 128 Å². The van der Waals surface area contributed by atoms with Gasteiger partial charge in [0.1, 0.15) is 18.5 Å². The summed E-state index contributed by atoms with van der Waals surface area (Å²) in [5.74, 6) is 0.0324. The van der Waals surface area contributed by atoms with Crippen molar-refractivity contribution in [2.45, 2.75) is 18.6 Å². The predicted molar refractivity (Wildman–Crippen MR) is 95.7 cm³/mol. The number of nitro benzene ring substituents is 1. The van der Waals surface area contributed by atoms with Gasteiger partial charge in [0.25, 0.3) is 5.69 Å². The fourth-order valence-corrected chi connectivity index (χ4v) is 2.23. The number of nitrogens with zero attached hydrogens (tertiary/aromatic N) is 1. The van der Waals surface area contributed by atoms with E-state index in [9.17, 15) is 20.0 Å². The van der Waals surface area contributed by atoms with Crippen molar-refractivity contribution < 1.29 is 19.6 Å². The predicted octanol–water partition coefficient (Wildman–Crippen LogP) is 1.02. The van der Waals surface area contributed by atoms with Crippen molar-refractivity contribution in [2.75, 3.05) is 13.2 Å². The second kappa shape index (κ2) is 9.50. The van der Waals surface area contributed by atoms with Crippen LogP contribution >= 0.6 is 0 Å². The molecule has 2 aromatic rings. The molecule has 0 bridgehead atoms. The van der Waals surface area contributed by atoms with Gasteiger partial charge in [0.2, 0.25) is 5.91 Å². The molecular formula is C18H21N3O5. The average molecular weight is 359 g/mol. The Labute approximate surface area is 150 Å².